The summed E-state index contributed by atoms with van der Waals surface area (Å²) in [6, 6.07) is -0.790. The van der Waals surface area contributed by atoms with E-state index in [0.29, 0.717) is 25.3 Å². The highest BCUT2D eigenvalue weighted by Crippen LogP contribution is 2.15. The van der Waals surface area contributed by atoms with E-state index in [9.17, 15) is 19.2 Å². The summed E-state index contributed by atoms with van der Waals surface area (Å²) in [5.74, 6) is -5.64. The molecule has 0 aromatic carbocycles. The normalized spacial score (nSPS) is 12.3. The van der Waals surface area contributed by atoms with Gasteiger partial charge in [0, 0.05) is 13.6 Å². The number of guanidine groups is 1. The number of carboxylic acids is 4. The quantitative estimate of drug-likeness (QED) is 0.111. The number of aliphatic hydroxyl groups is 1. The Morgan fingerprint density at radius 1 is 1.08 bits per heavy atom. The van der Waals surface area contributed by atoms with E-state index < -0.39 is 48.4 Å². The number of nitrogens with one attached hydrogen (secondary N) is 1. The summed E-state index contributed by atoms with van der Waals surface area (Å²) >= 11 is 0. The van der Waals surface area contributed by atoms with Gasteiger partial charge in [-0.1, -0.05) is 0 Å². The molecule has 1 atom stereocenters. The molecule has 0 aliphatic carbocycles. The van der Waals surface area contributed by atoms with Gasteiger partial charge in [-0.25, -0.2) is 4.79 Å². The zero-order chi connectivity index (χ0) is 20.9. The summed E-state index contributed by atoms with van der Waals surface area (Å²) in [6.45, 7) is 0.587. The second-order valence-corrected chi connectivity index (χ2v) is 5.10. The van der Waals surface area contributed by atoms with Crippen molar-refractivity contribution in [3.8, 4) is 0 Å². The van der Waals surface area contributed by atoms with E-state index in [2.05, 4.69) is 10.3 Å². The molecule has 0 rings (SSSR count). The molecule has 0 aromatic rings. The van der Waals surface area contributed by atoms with Crippen molar-refractivity contribution in [3.63, 3.8) is 0 Å². The fourth-order valence-electron chi connectivity index (χ4n) is 1.46. The van der Waals surface area contributed by atoms with Crippen molar-refractivity contribution in [1.82, 2.24) is 5.32 Å². The molecule has 0 saturated carbocycles. The number of hydrogen-bond donors (Lipinski definition) is 8. The molecule has 10 N–H and O–H groups in total. The zero-order valence-electron chi connectivity index (χ0n) is 14.1. The van der Waals surface area contributed by atoms with Crippen LogP contribution in [0.5, 0.6) is 0 Å². The maximum absolute atomic E-state index is 10.3. The van der Waals surface area contributed by atoms with Crippen LogP contribution in [0.4, 0.5) is 0 Å². The first-order chi connectivity index (χ1) is 11.9. The van der Waals surface area contributed by atoms with Crippen LogP contribution in [0.15, 0.2) is 4.99 Å². The van der Waals surface area contributed by atoms with Crippen LogP contribution in [0, 0.1) is 0 Å². The van der Waals surface area contributed by atoms with Crippen LogP contribution in [-0.2, 0) is 19.2 Å². The van der Waals surface area contributed by atoms with E-state index >= 15 is 0 Å². The molecule has 0 aromatic heterocycles. The molecule has 26 heavy (non-hydrogen) atoms. The lowest BCUT2D eigenvalue weighted by molar-refractivity contribution is -0.170. The lowest BCUT2D eigenvalue weighted by atomic mass is 9.96. The Kier molecular flexibility index (Phi) is 12.1. The molecule has 13 heteroatoms. The number of rotatable bonds is 10. The molecule has 0 bridgehead atoms. The maximum atomic E-state index is 10.3. The summed E-state index contributed by atoms with van der Waals surface area (Å²) in [7, 11) is 1.57. The van der Waals surface area contributed by atoms with Crippen molar-refractivity contribution in [1.29, 1.82) is 0 Å². The van der Waals surface area contributed by atoms with E-state index in [1.807, 2.05) is 0 Å². The third-order valence-electron chi connectivity index (χ3n) is 2.84. The van der Waals surface area contributed by atoms with E-state index in [0.717, 1.165) is 0 Å². The van der Waals surface area contributed by atoms with Gasteiger partial charge in [0.25, 0.3) is 0 Å². The lowest BCUT2D eigenvalue weighted by Crippen LogP contribution is -2.42. The minimum absolute atomic E-state index is 0.351. The molecule has 0 unspecified atom stereocenters. The number of hydrogen-bond acceptors (Lipinski definition) is 7. The van der Waals surface area contributed by atoms with E-state index in [-0.39, 0.29) is 0 Å². The summed E-state index contributed by atoms with van der Waals surface area (Å²) < 4.78 is 0. The van der Waals surface area contributed by atoms with Crippen molar-refractivity contribution in [2.45, 2.75) is 37.3 Å². The van der Waals surface area contributed by atoms with Crippen LogP contribution >= 0.6 is 0 Å². The van der Waals surface area contributed by atoms with E-state index in [4.69, 9.17) is 37.0 Å². The number of nitrogens with two attached hydrogens (primary N) is 2. The largest absolute Gasteiger partial charge is 0.481 e. The van der Waals surface area contributed by atoms with Gasteiger partial charge in [0.1, 0.15) is 6.04 Å². The SMILES string of the molecule is CN=C(N)NCCC[C@H](N)C(=O)O.O=C(O)CC(O)(CC(=O)O)C(=O)O. The third kappa shape index (κ3) is 12.5. The first-order valence-corrected chi connectivity index (χ1v) is 7.19. The van der Waals surface area contributed by atoms with Gasteiger partial charge in [-0.15, -0.1) is 0 Å². The second-order valence-electron chi connectivity index (χ2n) is 5.10. The standard InChI is InChI=1S/C7H16N4O2.C6H8O7/c1-10-7(9)11-4-2-3-5(8)6(12)13;7-3(8)1-6(13,5(11)12)2-4(9)10/h5H,2-4,8H2,1H3,(H,12,13)(H3,9,10,11);13H,1-2H2,(H,7,8)(H,9,10)(H,11,12)/t5-;/m0./s1. The first-order valence-electron chi connectivity index (χ1n) is 7.19. The van der Waals surface area contributed by atoms with E-state index in [1.165, 1.54) is 0 Å². The van der Waals surface area contributed by atoms with Gasteiger partial charge in [0.15, 0.2) is 11.6 Å². The molecule has 0 aliphatic rings. The van der Waals surface area contributed by atoms with Crippen LogP contribution in [0.3, 0.4) is 0 Å². The highest BCUT2D eigenvalue weighted by Gasteiger charge is 2.40. The summed E-state index contributed by atoms with van der Waals surface area (Å²) in [5, 5.41) is 45.1. The summed E-state index contributed by atoms with van der Waals surface area (Å²) in [6.07, 6.45) is -1.20. The van der Waals surface area contributed by atoms with Crippen molar-refractivity contribution >= 4 is 29.8 Å². The summed E-state index contributed by atoms with van der Waals surface area (Å²) in [5.41, 5.74) is 7.88. The van der Waals surface area contributed by atoms with E-state index in [1.54, 1.807) is 7.05 Å². The Morgan fingerprint density at radius 2 is 1.54 bits per heavy atom. The fourth-order valence-corrected chi connectivity index (χ4v) is 1.46. The molecule has 0 fully saturated rings. The van der Waals surface area contributed by atoms with Gasteiger partial charge in [0.2, 0.25) is 0 Å². The highest BCUT2D eigenvalue weighted by molar-refractivity contribution is 5.88. The molecule has 0 heterocycles. The Bertz CT molecular complexity index is 520. The molecule has 0 spiro atoms. The lowest BCUT2D eigenvalue weighted by Gasteiger charge is -2.18. The number of nitrogens with zero attached hydrogens (tertiary/aromatic N) is 1. The Hall–Kier alpha value is -2.93. The van der Waals surface area contributed by atoms with Gasteiger partial charge in [-0.2, -0.15) is 0 Å². The molecule has 0 radical (unpaired) electrons. The minimum Gasteiger partial charge on any atom is -0.481 e. The monoisotopic (exact) mass is 380 g/mol. The molecule has 0 amide bonds. The fraction of sp³-hybridized carbons (Fsp3) is 0.615. The molecule has 0 aliphatic heterocycles. The van der Waals surface area contributed by atoms with Gasteiger partial charge >= 0.3 is 23.9 Å². The molecule has 150 valence electrons. The summed E-state index contributed by atoms with van der Waals surface area (Å²) in [4.78, 5) is 44.5. The predicted molar refractivity (Wildman–Crippen MR) is 87.5 cm³/mol. The topological polar surface area (TPSA) is 246 Å². The Labute approximate surface area is 148 Å². The smallest absolute Gasteiger partial charge is 0.336 e. The Balaban J connectivity index is 0. The Morgan fingerprint density at radius 3 is 1.85 bits per heavy atom. The van der Waals surface area contributed by atoms with Crippen LogP contribution in [0.1, 0.15) is 25.7 Å². The van der Waals surface area contributed by atoms with Crippen molar-refractivity contribution < 1.29 is 44.7 Å². The van der Waals surface area contributed by atoms with Crippen LogP contribution in [0.25, 0.3) is 0 Å². The average Bonchev–Trinajstić information content (AvgIpc) is 2.49. The van der Waals surface area contributed by atoms with Crippen LogP contribution in [0.2, 0.25) is 0 Å². The molecule has 0 saturated heterocycles. The average molecular weight is 380 g/mol. The van der Waals surface area contributed by atoms with Crippen molar-refractivity contribution in [3.05, 3.63) is 0 Å². The number of carbonyl (C=O) groups is 4. The number of aliphatic carboxylic acids is 4. The molecule has 13 nitrogen and oxygen atoms in total. The first kappa shape index (κ1) is 25.3. The highest BCUT2D eigenvalue weighted by atomic mass is 16.4. The molecular weight excluding hydrogens is 356 g/mol. The molecular formula is C13H24N4O9. The predicted octanol–water partition coefficient (Wildman–Crippen LogP) is -2.54. The van der Waals surface area contributed by atoms with Gasteiger partial charge < -0.3 is 42.3 Å². The van der Waals surface area contributed by atoms with Crippen molar-refractivity contribution in [2.75, 3.05) is 13.6 Å². The van der Waals surface area contributed by atoms with Gasteiger partial charge in [-0.05, 0) is 12.8 Å². The zero-order valence-corrected chi connectivity index (χ0v) is 14.1. The van der Waals surface area contributed by atoms with Crippen LogP contribution < -0.4 is 16.8 Å². The third-order valence-corrected chi connectivity index (χ3v) is 2.84. The second kappa shape index (κ2) is 12.4. The van der Waals surface area contributed by atoms with Crippen LogP contribution in [-0.4, -0.2) is 80.6 Å². The van der Waals surface area contributed by atoms with Gasteiger partial charge in [-0.3, -0.25) is 19.4 Å². The number of aliphatic imine (C=N–C) groups is 1. The number of carboxylic acid groups (broad SMARTS) is 4. The maximum Gasteiger partial charge on any atom is 0.336 e. The van der Waals surface area contributed by atoms with Crippen molar-refractivity contribution in [2.24, 2.45) is 16.5 Å². The minimum atomic E-state index is -2.74. The van der Waals surface area contributed by atoms with Gasteiger partial charge in [0.05, 0.1) is 12.8 Å².